The van der Waals surface area contributed by atoms with Crippen LogP contribution in [0.25, 0.3) is 0 Å². The third kappa shape index (κ3) is 5.23. The van der Waals surface area contributed by atoms with Crippen molar-refractivity contribution < 1.29 is 9.52 Å². The van der Waals surface area contributed by atoms with Crippen molar-refractivity contribution in [3.63, 3.8) is 0 Å². The Balaban J connectivity index is 1.56. The maximum Gasteiger partial charge on any atom is 0.343 e. The summed E-state index contributed by atoms with van der Waals surface area (Å²) in [6.45, 7) is 4.24. The summed E-state index contributed by atoms with van der Waals surface area (Å²) in [6, 6.07) is 14.4. The molecule has 1 aromatic carbocycles. The van der Waals surface area contributed by atoms with Crippen LogP contribution in [0.4, 0.5) is 0 Å². The number of hydrogen-bond donors (Lipinski definition) is 1. The predicted molar refractivity (Wildman–Crippen MR) is 123 cm³/mol. The van der Waals surface area contributed by atoms with Crippen LogP contribution in [-0.2, 0) is 19.3 Å². The maximum absolute atomic E-state index is 12.8. The summed E-state index contributed by atoms with van der Waals surface area (Å²) < 4.78 is 5.79. The van der Waals surface area contributed by atoms with Crippen molar-refractivity contribution in [1.82, 2.24) is 0 Å². The summed E-state index contributed by atoms with van der Waals surface area (Å²) in [4.78, 5) is 15.2. The molecule has 3 aromatic rings. The molecular weight excluding hydrogens is 392 g/mol. The molecule has 1 N–H and O–H groups in total. The second-order valence-corrected chi connectivity index (χ2v) is 9.91. The van der Waals surface area contributed by atoms with Crippen molar-refractivity contribution in [2.75, 3.05) is 0 Å². The molecule has 1 atom stereocenters. The van der Waals surface area contributed by atoms with Crippen molar-refractivity contribution in [3.05, 3.63) is 85.1 Å². The van der Waals surface area contributed by atoms with Gasteiger partial charge in [0.2, 0.25) is 0 Å². The Labute approximate surface area is 182 Å². The molecule has 3 nitrogen and oxygen atoms in total. The topological polar surface area (TPSA) is 50.4 Å². The molecule has 1 saturated carbocycles. The van der Waals surface area contributed by atoms with Gasteiger partial charge in [-0.3, -0.25) is 0 Å². The fraction of sp³-hybridized carbons (Fsp3) is 0.423. The van der Waals surface area contributed by atoms with E-state index < -0.39 is 5.63 Å². The van der Waals surface area contributed by atoms with Crippen molar-refractivity contribution in [1.29, 1.82) is 0 Å². The molecule has 158 valence electrons. The zero-order valence-corrected chi connectivity index (χ0v) is 18.6. The van der Waals surface area contributed by atoms with Gasteiger partial charge in [-0.2, -0.15) is 0 Å². The molecule has 1 aliphatic carbocycles. The Bertz CT molecular complexity index is 1040. The van der Waals surface area contributed by atoms with Gasteiger partial charge in [0.1, 0.15) is 11.5 Å². The van der Waals surface area contributed by atoms with Crippen molar-refractivity contribution in [2.24, 2.45) is 5.92 Å². The molecule has 30 heavy (non-hydrogen) atoms. The first-order valence-electron chi connectivity index (χ1n) is 11.0. The molecule has 1 fully saturated rings. The fourth-order valence-electron chi connectivity index (χ4n) is 4.03. The molecule has 2 aromatic heterocycles. The van der Waals surface area contributed by atoms with Gasteiger partial charge in [0.15, 0.2) is 0 Å². The molecule has 1 unspecified atom stereocenters. The average Bonchev–Trinajstić information content (AvgIpc) is 3.43. The molecule has 4 rings (SSSR count). The summed E-state index contributed by atoms with van der Waals surface area (Å²) >= 11 is 1.71. The minimum Gasteiger partial charge on any atom is -0.507 e. The van der Waals surface area contributed by atoms with Gasteiger partial charge in [-0.05, 0) is 49.8 Å². The number of rotatable bonds is 9. The van der Waals surface area contributed by atoms with E-state index in [0.717, 1.165) is 30.6 Å². The Hall–Kier alpha value is -2.33. The second-order valence-electron chi connectivity index (χ2n) is 8.66. The van der Waals surface area contributed by atoms with Gasteiger partial charge in [0.05, 0.1) is 5.56 Å². The van der Waals surface area contributed by atoms with Gasteiger partial charge in [-0.15, -0.1) is 11.3 Å². The van der Waals surface area contributed by atoms with E-state index in [1.807, 2.05) is 0 Å². The molecule has 0 saturated heterocycles. The van der Waals surface area contributed by atoms with Crippen molar-refractivity contribution in [2.45, 2.75) is 64.7 Å². The van der Waals surface area contributed by atoms with E-state index >= 15 is 0 Å². The molecule has 2 heterocycles. The smallest absolute Gasteiger partial charge is 0.343 e. The van der Waals surface area contributed by atoms with Gasteiger partial charge in [0.25, 0.3) is 0 Å². The third-order valence-corrected chi connectivity index (χ3v) is 7.07. The van der Waals surface area contributed by atoms with Crippen LogP contribution in [0.5, 0.6) is 5.75 Å². The largest absolute Gasteiger partial charge is 0.507 e. The first-order chi connectivity index (χ1) is 14.5. The summed E-state index contributed by atoms with van der Waals surface area (Å²) in [5, 5.41) is 10.7. The Morgan fingerprint density at radius 2 is 1.87 bits per heavy atom. The van der Waals surface area contributed by atoms with Crippen LogP contribution in [-0.4, -0.2) is 5.11 Å². The third-order valence-electron chi connectivity index (χ3n) is 5.93. The summed E-state index contributed by atoms with van der Waals surface area (Å²) in [7, 11) is 0. The molecule has 0 amide bonds. The quantitative estimate of drug-likeness (QED) is 0.435. The Morgan fingerprint density at radius 1 is 1.13 bits per heavy atom. The minimum atomic E-state index is -0.403. The number of thiophene rings is 1. The molecule has 0 radical (unpaired) electrons. The van der Waals surface area contributed by atoms with Crippen LogP contribution < -0.4 is 5.63 Å². The lowest BCUT2D eigenvalue weighted by atomic mass is 9.91. The highest BCUT2D eigenvalue weighted by Gasteiger charge is 2.29. The van der Waals surface area contributed by atoms with E-state index in [9.17, 15) is 9.90 Å². The molecular formula is C26H30O3S. The normalized spacial score (nSPS) is 14.7. The lowest BCUT2D eigenvalue weighted by Crippen LogP contribution is -2.13. The average molecular weight is 423 g/mol. The Kier molecular flexibility index (Phi) is 6.43. The van der Waals surface area contributed by atoms with Gasteiger partial charge in [-0.25, -0.2) is 4.79 Å². The molecule has 0 spiro atoms. The second kappa shape index (κ2) is 9.22. The molecule has 4 heteroatoms. The van der Waals surface area contributed by atoms with Gasteiger partial charge < -0.3 is 9.52 Å². The van der Waals surface area contributed by atoms with Gasteiger partial charge >= 0.3 is 5.63 Å². The standard InChI is InChI=1S/C26H30O3S/c1-3-4-21-11-12-22(30-21)15-23-24(27)16-25(29-26(23)28)20(14-19-9-10-19)13-18-7-5-17(2)6-8-18/h5-8,11-12,16,19-20,27H,3-4,9-10,13-15H2,1-2H3. The zero-order valence-electron chi connectivity index (χ0n) is 17.8. The highest BCUT2D eigenvalue weighted by molar-refractivity contribution is 7.12. The van der Waals surface area contributed by atoms with Crippen LogP contribution in [0.2, 0.25) is 0 Å². The van der Waals surface area contributed by atoms with E-state index in [0.29, 0.717) is 23.7 Å². The van der Waals surface area contributed by atoms with Crippen LogP contribution in [0.1, 0.15) is 70.7 Å². The van der Waals surface area contributed by atoms with Crippen LogP contribution in [0.3, 0.4) is 0 Å². The lowest BCUT2D eigenvalue weighted by Gasteiger charge is -2.17. The van der Waals surface area contributed by atoms with Crippen LogP contribution in [0, 0.1) is 12.8 Å². The van der Waals surface area contributed by atoms with Crippen LogP contribution in [0.15, 0.2) is 51.7 Å². The predicted octanol–water partition coefficient (Wildman–Crippen LogP) is 6.39. The first-order valence-corrected chi connectivity index (χ1v) is 11.8. The van der Waals surface area contributed by atoms with E-state index in [1.54, 1.807) is 17.4 Å². The zero-order chi connectivity index (χ0) is 21.1. The maximum atomic E-state index is 12.8. The highest BCUT2D eigenvalue weighted by atomic mass is 32.1. The fourth-order valence-corrected chi connectivity index (χ4v) is 5.16. The number of hydrogen-bond acceptors (Lipinski definition) is 4. The van der Waals surface area contributed by atoms with Gasteiger partial charge in [-0.1, -0.05) is 56.0 Å². The van der Waals surface area contributed by atoms with E-state index in [-0.39, 0.29) is 11.7 Å². The number of aryl methyl sites for hydroxylation is 2. The SMILES string of the molecule is CCCc1ccc(Cc2c(O)cc(C(Cc3ccc(C)cc3)CC3CC3)oc2=O)s1. The number of benzene rings is 1. The number of aromatic hydroxyl groups is 1. The molecule has 0 bridgehead atoms. The summed E-state index contributed by atoms with van der Waals surface area (Å²) in [5.41, 5.74) is 2.44. The molecule has 0 aliphatic heterocycles. The first kappa shape index (κ1) is 20.9. The molecule has 1 aliphatic rings. The van der Waals surface area contributed by atoms with Crippen molar-refractivity contribution in [3.8, 4) is 5.75 Å². The Morgan fingerprint density at radius 3 is 2.53 bits per heavy atom. The van der Waals surface area contributed by atoms with Gasteiger partial charge in [0, 0.05) is 28.2 Å². The lowest BCUT2D eigenvalue weighted by molar-refractivity contribution is 0.377. The highest BCUT2D eigenvalue weighted by Crippen LogP contribution is 2.40. The minimum absolute atomic E-state index is 0.0661. The van der Waals surface area contributed by atoms with E-state index in [1.165, 1.54) is 28.8 Å². The summed E-state index contributed by atoms with van der Waals surface area (Å²) in [5.74, 6) is 1.50. The van der Waals surface area contributed by atoms with Crippen LogP contribution >= 0.6 is 11.3 Å². The van der Waals surface area contributed by atoms with E-state index in [2.05, 4.69) is 50.2 Å². The van der Waals surface area contributed by atoms with E-state index in [4.69, 9.17) is 4.42 Å². The monoisotopic (exact) mass is 422 g/mol. The summed E-state index contributed by atoms with van der Waals surface area (Å²) in [6.07, 6.45) is 6.89. The van der Waals surface area contributed by atoms with Crippen molar-refractivity contribution >= 4 is 11.3 Å².